The number of hydrogen-bond donors (Lipinski definition) is 3. The Hall–Kier alpha value is -4.17. The molecular formula is C27H26N2O6. The van der Waals surface area contributed by atoms with Crippen LogP contribution in [-0.4, -0.2) is 41.8 Å². The van der Waals surface area contributed by atoms with Gasteiger partial charge in [0.25, 0.3) is 5.91 Å². The number of carbonyl (C=O) groups is 3. The first-order valence-electron chi connectivity index (χ1n) is 11.3. The monoisotopic (exact) mass is 474 g/mol. The van der Waals surface area contributed by atoms with Crippen molar-refractivity contribution in [1.29, 1.82) is 0 Å². The zero-order valence-electron chi connectivity index (χ0n) is 19.1. The summed E-state index contributed by atoms with van der Waals surface area (Å²) in [6, 6.07) is 24.1. The number of amides is 2. The van der Waals surface area contributed by atoms with Crippen LogP contribution in [0.25, 0.3) is 11.1 Å². The van der Waals surface area contributed by atoms with Crippen LogP contribution in [0, 0.1) is 0 Å². The van der Waals surface area contributed by atoms with Gasteiger partial charge in [-0.2, -0.15) is 0 Å². The van der Waals surface area contributed by atoms with Crippen LogP contribution < -0.4 is 10.8 Å². The summed E-state index contributed by atoms with van der Waals surface area (Å²) in [7, 11) is 0. The number of carbonyl (C=O) groups excluding carboxylic acids is 2. The minimum atomic E-state index is -1.24. The van der Waals surface area contributed by atoms with Crippen molar-refractivity contribution in [2.45, 2.75) is 31.4 Å². The number of hydroxylamine groups is 1. The predicted octanol–water partition coefficient (Wildman–Crippen LogP) is 3.66. The van der Waals surface area contributed by atoms with Crippen LogP contribution in [0.4, 0.5) is 4.79 Å². The minimum absolute atomic E-state index is 0.103. The first-order valence-corrected chi connectivity index (χ1v) is 11.3. The summed E-state index contributed by atoms with van der Waals surface area (Å²) >= 11 is 0. The Morgan fingerprint density at radius 1 is 0.886 bits per heavy atom. The van der Waals surface area contributed by atoms with Crippen LogP contribution in [0.5, 0.6) is 0 Å². The molecule has 0 heterocycles. The first-order chi connectivity index (χ1) is 16.9. The van der Waals surface area contributed by atoms with Gasteiger partial charge in [0.2, 0.25) is 0 Å². The van der Waals surface area contributed by atoms with Crippen molar-refractivity contribution in [2.75, 3.05) is 6.61 Å². The molecule has 3 N–H and O–H groups in total. The van der Waals surface area contributed by atoms with Gasteiger partial charge in [0, 0.05) is 12.3 Å². The van der Waals surface area contributed by atoms with Gasteiger partial charge in [-0.1, -0.05) is 78.9 Å². The van der Waals surface area contributed by atoms with Crippen LogP contribution >= 0.6 is 0 Å². The second-order valence-electron chi connectivity index (χ2n) is 8.28. The molecule has 3 aromatic carbocycles. The normalized spacial score (nSPS) is 13.7. The Morgan fingerprint density at radius 2 is 1.46 bits per heavy atom. The Morgan fingerprint density at radius 3 is 2.06 bits per heavy atom. The summed E-state index contributed by atoms with van der Waals surface area (Å²) in [5, 5.41) is 11.6. The standard InChI is InChI=1S/C27H26N2O6/c1-17(26(31)32)35-29-25(30)24(15-18-9-3-2-4-10-18)28-27(33)34-16-23-21-13-7-5-11-19(21)20-12-6-8-14-22(20)23/h2-14,17,23-24H,15-16H2,1H3,(H,28,33)(H,29,30)(H,31,32)/t17?,24-/m1/s1. The Labute approximate surface area is 202 Å². The maximum atomic E-state index is 12.7. The lowest BCUT2D eigenvalue weighted by Gasteiger charge is -2.20. The fourth-order valence-electron chi connectivity index (χ4n) is 4.11. The quantitative estimate of drug-likeness (QED) is 0.408. The third kappa shape index (κ3) is 5.67. The maximum absolute atomic E-state index is 12.7. The molecule has 0 spiro atoms. The number of benzene rings is 3. The lowest BCUT2D eigenvalue weighted by Crippen LogP contribution is -2.49. The van der Waals surface area contributed by atoms with Crippen LogP contribution in [-0.2, 0) is 25.6 Å². The molecule has 8 heteroatoms. The number of carboxylic acid groups (broad SMARTS) is 1. The van der Waals surface area contributed by atoms with Gasteiger partial charge in [0.15, 0.2) is 6.10 Å². The Bertz CT molecular complexity index is 1170. The number of aliphatic carboxylic acids is 1. The van der Waals surface area contributed by atoms with Crippen molar-refractivity contribution in [2.24, 2.45) is 0 Å². The summed E-state index contributed by atoms with van der Waals surface area (Å²) in [5.41, 5.74) is 7.31. The molecule has 2 atom stereocenters. The molecule has 0 aromatic heterocycles. The van der Waals surface area contributed by atoms with E-state index < -0.39 is 30.1 Å². The van der Waals surface area contributed by atoms with Gasteiger partial charge in [-0.15, -0.1) is 0 Å². The number of ether oxygens (including phenoxy) is 1. The zero-order valence-corrected chi connectivity index (χ0v) is 19.1. The molecule has 0 aliphatic heterocycles. The van der Waals surface area contributed by atoms with Crippen molar-refractivity contribution in [3.8, 4) is 11.1 Å². The van der Waals surface area contributed by atoms with Crippen molar-refractivity contribution < 1.29 is 29.1 Å². The predicted molar refractivity (Wildman–Crippen MR) is 128 cm³/mol. The van der Waals surface area contributed by atoms with E-state index in [0.29, 0.717) is 0 Å². The average Bonchev–Trinajstić information content (AvgIpc) is 3.19. The van der Waals surface area contributed by atoms with E-state index in [4.69, 9.17) is 14.7 Å². The fourth-order valence-corrected chi connectivity index (χ4v) is 4.11. The Kier molecular flexibility index (Phi) is 7.42. The smallest absolute Gasteiger partial charge is 0.407 e. The molecule has 180 valence electrons. The fraction of sp³-hybridized carbons (Fsp3) is 0.222. The van der Waals surface area contributed by atoms with Crippen LogP contribution in [0.3, 0.4) is 0 Å². The molecule has 0 fully saturated rings. The Balaban J connectivity index is 1.43. The van der Waals surface area contributed by atoms with Crippen molar-refractivity contribution in [3.63, 3.8) is 0 Å². The van der Waals surface area contributed by atoms with E-state index in [-0.39, 0.29) is 18.9 Å². The van der Waals surface area contributed by atoms with Crippen molar-refractivity contribution in [1.82, 2.24) is 10.8 Å². The summed E-state index contributed by atoms with van der Waals surface area (Å²) in [5.74, 6) is -2.03. The van der Waals surface area contributed by atoms with Gasteiger partial charge in [-0.3, -0.25) is 9.63 Å². The van der Waals surface area contributed by atoms with E-state index in [1.165, 1.54) is 6.92 Å². The number of carboxylic acids is 1. The minimum Gasteiger partial charge on any atom is -0.479 e. The van der Waals surface area contributed by atoms with E-state index >= 15 is 0 Å². The van der Waals surface area contributed by atoms with Crippen molar-refractivity contribution >= 4 is 18.0 Å². The maximum Gasteiger partial charge on any atom is 0.407 e. The van der Waals surface area contributed by atoms with E-state index in [0.717, 1.165) is 27.8 Å². The lowest BCUT2D eigenvalue weighted by molar-refractivity contribution is -0.159. The highest BCUT2D eigenvalue weighted by molar-refractivity contribution is 5.85. The highest BCUT2D eigenvalue weighted by atomic mass is 16.7. The number of hydrogen-bond acceptors (Lipinski definition) is 5. The summed E-state index contributed by atoms with van der Waals surface area (Å²) < 4.78 is 5.56. The molecule has 2 amide bonds. The topological polar surface area (TPSA) is 114 Å². The highest BCUT2D eigenvalue weighted by Gasteiger charge is 2.30. The molecule has 0 saturated heterocycles. The molecule has 0 radical (unpaired) electrons. The number of nitrogens with one attached hydrogen (secondary N) is 2. The van der Waals surface area contributed by atoms with Gasteiger partial charge in [0.1, 0.15) is 12.6 Å². The third-order valence-electron chi connectivity index (χ3n) is 5.92. The van der Waals surface area contributed by atoms with Crippen LogP contribution in [0.1, 0.15) is 29.5 Å². The summed E-state index contributed by atoms with van der Waals surface area (Å²) in [4.78, 5) is 41.3. The van der Waals surface area contributed by atoms with Gasteiger partial charge in [-0.25, -0.2) is 15.1 Å². The number of fused-ring (bicyclic) bond motifs is 3. The van der Waals surface area contributed by atoms with Gasteiger partial charge >= 0.3 is 12.1 Å². The molecular weight excluding hydrogens is 448 g/mol. The molecule has 35 heavy (non-hydrogen) atoms. The largest absolute Gasteiger partial charge is 0.479 e. The zero-order chi connectivity index (χ0) is 24.8. The first kappa shape index (κ1) is 24.0. The molecule has 8 nitrogen and oxygen atoms in total. The lowest BCUT2D eigenvalue weighted by atomic mass is 9.98. The van der Waals surface area contributed by atoms with Gasteiger partial charge in [0.05, 0.1) is 0 Å². The molecule has 0 saturated carbocycles. The molecule has 1 aliphatic rings. The molecule has 4 rings (SSSR count). The van der Waals surface area contributed by atoms with Crippen LogP contribution in [0.15, 0.2) is 78.9 Å². The van der Waals surface area contributed by atoms with E-state index in [1.54, 1.807) is 0 Å². The van der Waals surface area contributed by atoms with Gasteiger partial charge < -0.3 is 15.2 Å². The molecule has 1 aliphatic carbocycles. The number of rotatable bonds is 9. The summed E-state index contributed by atoms with van der Waals surface area (Å²) in [6.45, 7) is 1.39. The van der Waals surface area contributed by atoms with E-state index in [2.05, 4.69) is 10.8 Å². The third-order valence-corrected chi connectivity index (χ3v) is 5.92. The van der Waals surface area contributed by atoms with E-state index in [1.807, 2.05) is 78.9 Å². The second-order valence-corrected chi connectivity index (χ2v) is 8.28. The second kappa shape index (κ2) is 10.8. The average molecular weight is 475 g/mol. The summed E-state index contributed by atoms with van der Waals surface area (Å²) in [6.07, 6.45) is -1.83. The SMILES string of the molecule is CC(ONC(=O)[C@@H](Cc1ccccc1)NC(=O)OCC1c2ccccc2-c2ccccc21)C(=O)O. The highest BCUT2D eigenvalue weighted by Crippen LogP contribution is 2.44. The molecule has 3 aromatic rings. The van der Waals surface area contributed by atoms with Crippen LogP contribution in [0.2, 0.25) is 0 Å². The molecule has 0 bridgehead atoms. The number of alkyl carbamates (subject to hydrolysis) is 1. The van der Waals surface area contributed by atoms with Gasteiger partial charge in [-0.05, 0) is 34.7 Å². The van der Waals surface area contributed by atoms with E-state index in [9.17, 15) is 14.4 Å². The van der Waals surface area contributed by atoms with Crippen molar-refractivity contribution in [3.05, 3.63) is 95.6 Å². The molecule has 1 unspecified atom stereocenters.